The maximum atomic E-state index is 2.83. The Bertz CT molecular complexity index is 3330. The molecule has 8 aromatic rings. The van der Waals surface area contributed by atoms with Crippen molar-refractivity contribution < 1.29 is 0 Å². The summed E-state index contributed by atoms with van der Waals surface area (Å²) < 4.78 is 0. The molecule has 0 unspecified atom stereocenters. The van der Waals surface area contributed by atoms with Crippen LogP contribution < -0.4 is 37.0 Å². The van der Waals surface area contributed by atoms with E-state index in [1.807, 2.05) is 0 Å². The lowest BCUT2D eigenvalue weighted by Crippen LogP contribution is -2.69. The normalized spacial score (nSPS) is 14.8. The van der Waals surface area contributed by atoms with Gasteiger partial charge in [-0.1, -0.05) is 192 Å². The maximum Gasteiger partial charge on any atom is 0.329 e. The summed E-state index contributed by atoms with van der Waals surface area (Å²) in [4.78, 5) is 5.48. The van der Waals surface area contributed by atoms with Crippen molar-refractivity contribution in [1.29, 1.82) is 0 Å². The second kappa shape index (κ2) is 12.8. The molecule has 4 aliphatic rings. The minimum absolute atomic E-state index is 0.000867. The Balaban J connectivity index is 1.29. The van der Waals surface area contributed by atoms with E-state index >= 15 is 0 Å². The largest absolute Gasteiger partial charge is 0.377 e. The molecule has 0 N–H and O–H groups in total. The molecule has 12 rings (SSSR count). The third-order valence-electron chi connectivity index (χ3n) is 15.2. The first-order valence-electron chi connectivity index (χ1n) is 23.6. The van der Waals surface area contributed by atoms with Gasteiger partial charge in [-0.05, 0) is 123 Å². The van der Waals surface area contributed by atoms with Crippen LogP contribution in [0.3, 0.4) is 0 Å². The minimum Gasteiger partial charge on any atom is -0.377 e. The van der Waals surface area contributed by atoms with Gasteiger partial charge in [0, 0.05) is 45.0 Å². The monoisotopic (exact) mass is 828 g/mol. The molecule has 0 amide bonds. The fourth-order valence-corrected chi connectivity index (χ4v) is 11.8. The average Bonchev–Trinajstić information content (AvgIpc) is 3.25. The van der Waals surface area contributed by atoms with E-state index in [4.69, 9.17) is 0 Å². The molecule has 4 heterocycles. The van der Waals surface area contributed by atoms with E-state index in [0.29, 0.717) is 0 Å². The summed E-state index contributed by atoms with van der Waals surface area (Å²) in [6.45, 7) is 28.3. The third kappa shape index (κ3) is 5.41. The number of benzene rings is 8. The van der Waals surface area contributed by atoms with Gasteiger partial charge in [-0.15, -0.1) is 0 Å². The molecule has 8 aromatic carbocycles. The molecule has 0 aliphatic carbocycles. The van der Waals surface area contributed by atoms with Gasteiger partial charge < -0.3 is 9.71 Å². The van der Waals surface area contributed by atoms with E-state index in [1.165, 1.54) is 122 Å². The van der Waals surface area contributed by atoms with Crippen LogP contribution in [0, 0.1) is 0 Å². The van der Waals surface area contributed by atoms with E-state index in [2.05, 4.69) is 226 Å². The third-order valence-corrected chi connectivity index (χ3v) is 15.2. The van der Waals surface area contributed by atoms with Crippen molar-refractivity contribution in [3.05, 3.63) is 156 Å². The van der Waals surface area contributed by atoms with Gasteiger partial charge in [-0.2, -0.15) is 0 Å². The Morgan fingerprint density at radius 3 is 1.42 bits per heavy atom. The highest BCUT2D eigenvalue weighted by Gasteiger charge is 2.53. The van der Waals surface area contributed by atoms with Gasteiger partial charge in [-0.3, -0.25) is 0 Å². The van der Waals surface area contributed by atoms with Crippen LogP contribution in [0.25, 0.3) is 43.8 Å². The van der Waals surface area contributed by atoms with E-state index in [9.17, 15) is 0 Å². The van der Waals surface area contributed by atoms with E-state index in [1.54, 1.807) is 0 Å². The summed E-state index contributed by atoms with van der Waals surface area (Å²) in [7, 11) is 0. The van der Waals surface area contributed by atoms with Crippen molar-refractivity contribution in [3.8, 4) is 22.3 Å². The van der Waals surface area contributed by atoms with Gasteiger partial charge >= 0.3 is 6.85 Å². The van der Waals surface area contributed by atoms with Crippen molar-refractivity contribution in [3.63, 3.8) is 0 Å². The molecule has 64 heavy (non-hydrogen) atoms. The lowest BCUT2D eigenvalue weighted by atomic mass is 9.30. The van der Waals surface area contributed by atoms with Crippen LogP contribution in [-0.2, 0) is 21.7 Å². The molecule has 314 valence electrons. The van der Waals surface area contributed by atoms with E-state index in [0.717, 1.165) is 0 Å². The van der Waals surface area contributed by atoms with Crippen molar-refractivity contribution in [2.75, 3.05) is 9.71 Å². The molecule has 0 aromatic heterocycles. The Hall–Kier alpha value is -5.99. The SMILES string of the molecule is CC(C)(C)c1ccc(N2c3ccc4c5c3B(c3cc(C(C)(C)C)cc6c3N5B(c3cc(C(C)(C)C)ccc3-6)c3cc(C(C)(C)C)ccc3-4)c3c2c2ccccc2c2ccccc32)cc1. The zero-order valence-electron chi connectivity index (χ0n) is 39.8. The van der Waals surface area contributed by atoms with Crippen molar-refractivity contribution >= 4 is 90.9 Å². The zero-order valence-corrected chi connectivity index (χ0v) is 39.8. The van der Waals surface area contributed by atoms with Gasteiger partial charge in [0.25, 0.3) is 6.71 Å². The lowest BCUT2D eigenvalue weighted by molar-refractivity contribution is 0.590. The van der Waals surface area contributed by atoms with Crippen LogP contribution in [0.5, 0.6) is 0 Å². The second-order valence-electron chi connectivity index (χ2n) is 23.4. The molecule has 0 saturated heterocycles. The summed E-state index contributed by atoms with van der Waals surface area (Å²) in [6, 6.07) is 52.9. The van der Waals surface area contributed by atoms with Crippen LogP contribution in [0.1, 0.15) is 105 Å². The van der Waals surface area contributed by atoms with Crippen LogP contribution in [0.4, 0.5) is 28.4 Å². The minimum atomic E-state index is -0.0707. The van der Waals surface area contributed by atoms with Crippen molar-refractivity contribution in [2.45, 2.75) is 105 Å². The van der Waals surface area contributed by atoms with Crippen molar-refractivity contribution in [2.24, 2.45) is 0 Å². The molecule has 0 spiro atoms. The highest BCUT2D eigenvalue weighted by Crippen LogP contribution is 2.53. The Morgan fingerprint density at radius 1 is 0.359 bits per heavy atom. The number of fused-ring (bicyclic) bond motifs is 14. The maximum absolute atomic E-state index is 2.83. The molecule has 4 heteroatoms. The summed E-state index contributed by atoms with van der Waals surface area (Å²) in [5.74, 6) is 0. The fraction of sp³-hybridized carbons (Fsp3) is 0.267. The number of rotatable bonds is 1. The number of nitrogens with zero attached hydrogens (tertiary/aromatic N) is 2. The van der Waals surface area contributed by atoms with Gasteiger partial charge in [-0.25, -0.2) is 0 Å². The molecular formula is C60H58B2N2. The smallest absolute Gasteiger partial charge is 0.329 e. The highest BCUT2D eigenvalue weighted by molar-refractivity contribution is 7.04. The predicted octanol–water partition coefficient (Wildman–Crippen LogP) is 12.7. The first-order chi connectivity index (χ1) is 30.3. The summed E-state index contributed by atoms with van der Waals surface area (Å²) in [5.41, 5.74) is 24.4. The predicted molar refractivity (Wildman–Crippen MR) is 280 cm³/mol. The Kier molecular flexibility index (Phi) is 7.94. The van der Waals surface area contributed by atoms with E-state index < -0.39 is 0 Å². The zero-order chi connectivity index (χ0) is 44.6. The van der Waals surface area contributed by atoms with Gasteiger partial charge in [0.1, 0.15) is 0 Å². The summed E-state index contributed by atoms with van der Waals surface area (Å²) in [5, 5.41) is 5.23. The van der Waals surface area contributed by atoms with Crippen molar-refractivity contribution in [1.82, 2.24) is 0 Å². The quantitative estimate of drug-likeness (QED) is 0.120. The topological polar surface area (TPSA) is 6.48 Å². The van der Waals surface area contributed by atoms with Crippen LogP contribution >= 0.6 is 0 Å². The van der Waals surface area contributed by atoms with Crippen LogP contribution in [0.2, 0.25) is 0 Å². The molecule has 0 atom stereocenters. The number of hydrogen-bond donors (Lipinski definition) is 0. The van der Waals surface area contributed by atoms with E-state index in [-0.39, 0.29) is 35.2 Å². The molecule has 2 nitrogen and oxygen atoms in total. The number of hydrogen-bond acceptors (Lipinski definition) is 2. The van der Waals surface area contributed by atoms with Gasteiger partial charge in [0.2, 0.25) is 0 Å². The second-order valence-corrected chi connectivity index (χ2v) is 23.4. The Morgan fingerprint density at radius 2 is 0.844 bits per heavy atom. The van der Waals surface area contributed by atoms with Crippen LogP contribution in [-0.4, -0.2) is 13.6 Å². The molecule has 4 aliphatic heterocycles. The number of anilines is 5. The average molecular weight is 829 g/mol. The fourth-order valence-electron chi connectivity index (χ4n) is 11.8. The molecule has 0 radical (unpaired) electrons. The van der Waals surface area contributed by atoms with Crippen LogP contribution in [0.15, 0.2) is 133 Å². The van der Waals surface area contributed by atoms with Gasteiger partial charge in [0.15, 0.2) is 0 Å². The molecule has 0 fully saturated rings. The highest BCUT2D eigenvalue weighted by atomic mass is 15.2. The first-order valence-corrected chi connectivity index (χ1v) is 23.6. The lowest BCUT2D eigenvalue weighted by Gasteiger charge is -2.52. The molecule has 0 saturated carbocycles. The van der Waals surface area contributed by atoms with Gasteiger partial charge in [0.05, 0.1) is 0 Å². The molecule has 0 bridgehead atoms. The molecular weight excluding hydrogens is 770 g/mol. The summed E-state index contributed by atoms with van der Waals surface area (Å²) in [6.07, 6.45) is 0. The summed E-state index contributed by atoms with van der Waals surface area (Å²) >= 11 is 0. The Labute approximate surface area is 381 Å². The first kappa shape index (κ1) is 39.6. The standard InChI is InChI=1S/C60H58B2N2/c1-57(2,3)35-21-25-39(26-22-35)63-51-30-29-46-42-27-23-36(58(4,5)6)32-48(42)62-49-33-37(59(7,8)9)24-28-43(49)47-31-38(60(10,11)12)34-50-54(47)64(62)56(46)53(51)61(50)52-44-19-15-13-17-40(44)41-18-14-16-20-45(41)55(52)63/h13-34H,1-12H3.